The van der Waals surface area contributed by atoms with Crippen LogP contribution in [0.25, 0.3) is 10.9 Å². The van der Waals surface area contributed by atoms with Crippen molar-refractivity contribution in [2.24, 2.45) is 13.0 Å². The number of nitrogens with zero attached hydrogens (tertiary/aromatic N) is 3. The van der Waals surface area contributed by atoms with Crippen molar-refractivity contribution in [3.63, 3.8) is 0 Å². The monoisotopic (exact) mass is 466 g/mol. The van der Waals surface area contributed by atoms with E-state index in [1.54, 1.807) is 0 Å². The molecule has 3 aromatic rings. The van der Waals surface area contributed by atoms with Crippen LogP contribution in [0.15, 0.2) is 36.5 Å². The molecule has 0 aliphatic carbocycles. The predicted molar refractivity (Wildman–Crippen MR) is 129 cm³/mol. The third-order valence-electron chi connectivity index (χ3n) is 7.17. The average molecular weight is 467 g/mol. The molecule has 180 valence electrons. The van der Waals surface area contributed by atoms with Gasteiger partial charge >= 0.3 is 0 Å². The Morgan fingerprint density at radius 3 is 2.91 bits per heavy atom. The first-order chi connectivity index (χ1) is 16.4. The maximum atomic E-state index is 14.6. The summed E-state index contributed by atoms with van der Waals surface area (Å²) in [6.45, 7) is 6.33. The van der Waals surface area contributed by atoms with Crippen LogP contribution in [0, 0.1) is 11.7 Å². The number of hydrogen-bond donors (Lipinski definition) is 1. The topological polar surface area (TPSA) is 68.6 Å². The summed E-state index contributed by atoms with van der Waals surface area (Å²) in [4.78, 5) is 15.4. The van der Waals surface area contributed by atoms with Gasteiger partial charge in [0.1, 0.15) is 13.2 Å². The zero-order chi connectivity index (χ0) is 23.8. The Bertz CT molecular complexity index is 1210. The SMILES string of the molecule is CC[C@@H](NC(=O)[C@@H]1CCN(c2ccc3c(cnn3C)c2)C1)[C@H](C)c1cc(F)c2c(c1)OCCO2. The molecule has 3 atom stereocenters. The number of nitrogens with one attached hydrogen (secondary N) is 1. The summed E-state index contributed by atoms with van der Waals surface area (Å²) in [5.41, 5.74) is 3.00. The fourth-order valence-electron chi connectivity index (χ4n) is 5.06. The Labute approximate surface area is 198 Å². The minimum Gasteiger partial charge on any atom is -0.486 e. The minimum absolute atomic E-state index is 0.0571. The number of aromatic nitrogens is 2. The number of fused-ring (bicyclic) bond motifs is 2. The summed E-state index contributed by atoms with van der Waals surface area (Å²) in [7, 11) is 1.93. The summed E-state index contributed by atoms with van der Waals surface area (Å²) < 4.78 is 27.4. The fraction of sp³-hybridized carbons (Fsp3) is 0.462. The van der Waals surface area contributed by atoms with Gasteiger partial charge in [-0.1, -0.05) is 13.8 Å². The van der Waals surface area contributed by atoms with Crippen LogP contribution >= 0.6 is 0 Å². The molecule has 2 aliphatic heterocycles. The summed E-state index contributed by atoms with van der Waals surface area (Å²) >= 11 is 0. The summed E-state index contributed by atoms with van der Waals surface area (Å²) in [6.07, 6.45) is 3.42. The van der Waals surface area contributed by atoms with E-state index < -0.39 is 5.82 Å². The number of ether oxygens (including phenoxy) is 2. The van der Waals surface area contributed by atoms with Crippen molar-refractivity contribution in [2.75, 3.05) is 31.2 Å². The van der Waals surface area contributed by atoms with Gasteiger partial charge in [0.25, 0.3) is 0 Å². The van der Waals surface area contributed by atoms with Gasteiger partial charge < -0.3 is 19.7 Å². The van der Waals surface area contributed by atoms with E-state index >= 15 is 0 Å². The lowest BCUT2D eigenvalue weighted by atomic mass is 9.90. The molecule has 3 heterocycles. The van der Waals surface area contributed by atoms with Gasteiger partial charge in [-0.2, -0.15) is 5.10 Å². The minimum atomic E-state index is -0.419. The molecule has 8 heteroatoms. The molecule has 2 aliphatic rings. The number of amides is 1. The number of anilines is 1. The molecule has 0 bridgehead atoms. The Balaban J connectivity index is 1.25. The van der Waals surface area contributed by atoms with Crippen molar-refractivity contribution in [1.29, 1.82) is 0 Å². The van der Waals surface area contributed by atoms with Gasteiger partial charge in [0.15, 0.2) is 17.3 Å². The zero-order valence-electron chi connectivity index (χ0n) is 19.9. The van der Waals surface area contributed by atoms with Crippen LogP contribution in [0.5, 0.6) is 11.5 Å². The second kappa shape index (κ2) is 9.16. The van der Waals surface area contributed by atoms with E-state index in [2.05, 4.69) is 33.5 Å². The second-order valence-corrected chi connectivity index (χ2v) is 9.28. The van der Waals surface area contributed by atoms with Crippen molar-refractivity contribution in [1.82, 2.24) is 15.1 Å². The molecule has 0 unspecified atom stereocenters. The van der Waals surface area contributed by atoms with Gasteiger partial charge in [-0.15, -0.1) is 0 Å². The first-order valence-corrected chi connectivity index (χ1v) is 12.0. The van der Waals surface area contributed by atoms with Crippen molar-refractivity contribution in [2.45, 2.75) is 38.6 Å². The maximum Gasteiger partial charge on any atom is 0.225 e. The number of hydrogen-bond acceptors (Lipinski definition) is 5. The highest BCUT2D eigenvalue weighted by atomic mass is 19.1. The van der Waals surface area contributed by atoms with E-state index in [9.17, 15) is 9.18 Å². The molecule has 34 heavy (non-hydrogen) atoms. The number of carbonyl (C=O) groups excluding carboxylic acids is 1. The third-order valence-corrected chi connectivity index (χ3v) is 7.17. The van der Waals surface area contributed by atoms with Crippen molar-refractivity contribution >= 4 is 22.5 Å². The number of carbonyl (C=O) groups is 1. The van der Waals surface area contributed by atoms with E-state index in [-0.39, 0.29) is 29.5 Å². The molecule has 1 aromatic heterocycles. The van der Waals surface area contributed by atoms with E-state index in [0.717, 1.165) is 41.5 Å². The third kappa shape index (κ3) is 4.17. The molecular weight excluding hydrogens is 435 g/mol. The van der Waals surface area contributed by atoms with Gasteiger partial charge in [0.2, 0.25) is 5.91 Å². The van der Waals surface area contributed by atoms with Crippen molar-refractivity contribution in [3.05, 3.63) is 47.9 Å². The van der Waals surface area contributed by atoms with Crippen LogP contribution < -0.4 is 19.7 Å². The van der Waals surface area contributed by atoms with Crippen LogP contribution in [-0.2, 0) is 11.8 Å². The van der Waals surface area contributed by atoms with Crippen LogP contribution in [0.1, 0.15) is 38.2 Å². The molecule has 1 N–H and O–H groups in total. The molecule has 1 amide bonds. The molecule has 1 fully saturated rings. The normalized spacial score (nSPS) is 19.3. The van der Waals surface area contributed by atoms with Gasteiger partial charge in [-0.05, 0) is 48.7 Å². The lowest BCUT2D eigenvalue weighted by Gasteiger charge is -2.27. The highest BCUT2D eigenvalue weighted by Crippen LogP contribution is 2.37. The first kappa shape index (κ1) is 22.5. The van der Waals surface area contributed by atoms with Crippen molar-refractivity contribution in [3.8, 4) is 11.5 Å². The van der Waals surface area contributed by atoms with Crippen LogP contribution in [0.3, 0.4) is 0 Å². The Kier molecular flexibility index (Phi) is 6.06. The molecule has 2 aromatic carbocycles. The number of rotatable bonds is 6. The van der Waals surface area contributed by atoms with E-state index in [4.69, 9.17) is 9.47 Å². The standard InChI is InChI=1S/C26H31FN4O3/c1-4-22(16(2)18-12-21(27)25-24(13-18)33-9-10-34-25)29-26(32)17-7-8-31(15-17)20-5-6-23-19(11-20)14-28-30(23)3/h5-6,11-14,16-17,22H,4,7-10,15H2,1-3H3,(H,29,32)/t16-,17-,22-/m1/s1. The van der Waals surface area contributed by atoms with E-state index in [1.807, 2.05) is 37.8 Å². The van der Waals surface area contributed by atoms with Gasteiger partial charge in [0.05, 0.1) is 17.6 Å². The smallest absolute Gasteiger partial charge is 0.225 e. The summed E-state index contributed by atoms with van der Waals surface area (Å²) in [5.74, 6) is 0.104. The highest BCUT2D eigenvalue weighted by molar-refractivity contribution is 5.84. The number of benzene rings is 2. The van der Waals surface area contributed by atoms with Crippen LogP contribution in [0.2, 0.25) is 0 Å². The average Bonchev–Trinajstić information content (AvgIpc) is 3.49. The largest absolute Gasteiger partial charge is 0.486 e. The van der Waals surface area contributed by atoms with Crippen LogP contribution in [0.4, 0.5) is 10.1 Å². The second-order valence-electron chi connectivity index (χ2n) is 9.28. The zero-order valence-corrected chi connectivity index (χ0v) is 19.9. The summed E-state index contributed by atoms with van der Waals surface area (Å²) in [6, 6.07) is 9.54. The van der Waals surface area contributed by atoms with Crippen LogP contribution in [-0.4, -0.2) is 48.0 Å². The maximum absolute atomic E-state index is 14.6. The Hall–Kier alpha value is -3.29. The Morgan fingerprint density at radius 1 is 1.26 bits per heavy atom. The molecule has 5 rings (SSSR count). The number of halogens is 1. The quantitative estimate of drug-likeness (QED) is 0.595. The lowest BCUT2D eigenvalue weighted by molar-refractivity contribution is -0.125. The van der Waals surface area contributed by atoms with E-state index in [1.165, 1.54) is 6.07 Å². The number of aryl methyl sites for hydroxylation is 1. The highest BCUT2D eigenvalue weighted by Gasteiger charge is 2.31. The molecule has 0 saturated carbocycles. The first-order valence-electron chi connectivity index (χ1n) is 12.0. The van der Waals surface area contributed by atoms with E-state index in [0.29, 0.717) is 25.5 Å². The fourth-order valence-corrected chi connectivity index (χ4v) is 5.06. The molecule has 7 nitrogen and oxygen atoms in total. The van der Waals surface area contributed by atoms with Crippen molar-refractivity contribution < 1.29 is 18.7 Å². The molecular formula is C26H31FN4O3. The van der Waals surface area contributed by atoms with Gasteiger partial charge in [0, 0.05) is 43.2 Å². The van der Waals surface area contributed by atoms with Gasteiger partial charge in [-0.3, -0.25) is 9.48 Å². The summed E-state index contributed by atoms with van der Waals surface area (Å²) in [5, 5.41) is 8.65. The predicted octanol–water partition coefficient (Wildman–Crippen LogP) is 4.01. The van der Waals surface area contributed by atoms with Gasteiger partial charge in [-0.25, -0.2) is 4.39 Å². The lowest BCUT2D eigenvalue weighted by Crippen LogP contribution is -2.42. The Morgan fingerprint density at radius 2 is 2.09 bits per heavy atom. The molecule has 0 spiro atoms. The molecule has 0 radical (unpaired) electrons. The molecule has 1 saturated heterocycles.